The number of hydrogen-bond acceptors (Lipinski definition) is 2. The zero-order valence-electron chi connectivity index (χ0n) is 14.8. The van der Waals surface area contributed by atoms with Crippen molar-refractivity contribution in [3.8, 4) is 0 Å². The Bertz CT molecular complexity index is 1060. The number of para-hydroxylation sites is 1. The first-order valence-electron chi connectivity index (χ1n) is 8.79. The minimum Gasteiger partial charge on any atom is -0.322 e. The lowest BCUT2D eigenvalue weighted by Crippen LogP contribution is -2.28. The summed E-state index contributed by atoms with van der Waals surface area (Å²) in [5.74, 6) is -0.391. The van der Waals surface area contributed by atoms with E-state index in [1.165, 1.54) is 11.6 Å². The van der Waals surface area contributed by atoms with Crippen LogP contribution in [0.5, 0.6) is 0 Å². The molecule has 0 fully saturated rings. The van der Waals surface area contributed by atoms with Crippen molar-refractivity contribution in [3.05, 3.63) is 93.5 Å². The Kier molecular flexibility index (Phi) is 5.07. The molecule has 3 aromatic carbocycles. The highest BCUT2D eigenvalue weighted by molar-refractivity contribution is 6.37. The van der Waals surface area contributed by atoms with Crippen LogP contribution in [0.25, 0.3) is 0 Å². The molecule has 4 nitrogen and oxygen atoms in total. The Morgan fingerprint density at radius 2 is 1.68 bits per heavy atom. The Hall–Kier alpha value is -2.82. The van der Waals surface area contributed by atoms with Crippen LogP contribution >= 0.6 is 23.2 Å². The molecule has 0 radical (unpaired) electrons. The lowest BCUT2D eigenvalue weighted by Gasteiger charge is -2.17. The number of amides is 2. The fourth-order valence-electron chi connectivity index (χ4n) is 3.27. The van der Waals surface area contributed by atoms with Gasteiger partial charge in [0.25, 0.3) is 11.8 Å². The SMILES string of the molecule is O=C(Nc1ccc(C(=O)N2CCc3ccccc32)cc1)c1ccc(Cl)cc1Cl. The quantitative estimate of drug-likeness (QED) is 0.623. The summed E-state index contributed by atoms with van der Waals surface area (Å²) in [6, 6.07) is 19.5. The first-order valence-corrected chi connectivity index (χ1v) is 9.55. The Balaban J connectivity index is 1.48. The summed E-state index contributed by atoms with van der Waals surface area (Å²) >= 11 is 11.9. The second-order valence-electron chi connectivity index (χ2n) is 6.49. The predicted octanol–water partition coefficient (Wildman–Crippen LogP) is 5.45. The van der Waals surface area contributed by atoms with Gasteiger partial charge in [-0.1, -0.05) is 41.4 Å². The summed E-state index contributed by atoms with van der Waals surface area (Å²) in [4.78, 5) is 27.0. The molecule has 6 heteroatoms. The van der Waals surface area contributed by atoms with Crippen LogP contribution < -0.4 is 10.2 Å². The van der Waals surface area contributed by atoms with Crippen LogP contribution in [-0.4, -0.2) is 18.4 Å². The van der Waals surface area contributed by atoms with Gasteiger partial charge >= 0.3 is 0 Å². The molecular weight excluding hydrogens is 395 g/mol. The molecule has 1 N–H and O–H groups in total. The Labute approximate surface area is 172 Å². The van der Waals surface area contributed by atoms with Gasteiger partial charge in [0.05, 0.1) is 10.6 Å². The van der Waals surface area contributed by atoms with Gasteiger partial charge in [0.1, 0.15) is 0 Å². The van der Waals surface area contributed by atoms with Crippen LogP contribution in [0, 0.1) is 0 Å². The van der Waals surface area contributed by atoms with Crippen LogP contribution in [0.15, 0.2) is 66.7 Å². The van der Waals surface area contributed by atoms with E-state index in [2.05, 4.69) is 5.32 Å². The fourth-order valence-corrected chi connectivity index (χ4v) is 3.77. The van der Waals surface area contributed by atoms with Gasteiger partial charge in [-0.25, -0.2) is 0 Å². The molecule has 0 bridgehead atoms. The average Bonchev–Trinajstić information content (AvgIpc) is 3.12. The average molecular weight is 411 g/mol. The molecule has 0 saturated carbocycles. The van der Waals surface area contributed by atoms with E-state index < -0.39 is 0 Å². The Morgan fingerprint density at radius 1 is 0.929 bits per heavy atom. The first-order chi connectivity index (χ1) is 13.5. The Morgan fingerprint density at radius 3 is 2.43 bits per heavy atom. The van der Waals surface area contributed by atoms with Crippen LogP contribution in [-0.2, 0) is 6.42 Å². The molecule has 3 aromatic rings. The topological polar surface area (TPSA) is 49.4 Å². The van der Waals surface area contributed by atoms with Crippen molar-refractivity contribution in [1.82, 2.24) is 0 Å². The van der Waals surface area contributed by atoms with E-state index in [0.717, 1.165) is 12.1 Å². The van der Waals surface area contributed by atoms with Gasteiger partial charge in [0, 0.05) is 28.5 Å². The van der Waals surface area contributed by atoms with E-state index in [9.17, 15) is 9.59 Å². The van der Waals surface area contributed by atoms with Crippen LogP contribution in [0.4, 0.5) is 11.4 Å². The van der Waals surface area contributed by atoms with Gasteiger partial charge in [0.2, 0.25) is 0 Å². The number of rotatable bonds is 3. The van der Waals surface area contributed by atoms with Crippen LogP contribution in [0.2, 0.25) is 10.0 Å². The van der Waals surface area contributed by atoms with Crippen LogP contribution in [0.1, 0.15) is 26.3 Å². The lowest BCUT2D eigenvalue weighted by molar-refractivity contribution is 0.0988. The third-order valence-electron chi connectivity index (χ3n) is 4.70. The molecule has 0 aliphatic carbocycles. The molecule has 1 heterocycles. The van der Waals surface area contributed by atoms with Gasteiger partial charge in [-0.05, 0) is 60.5 Å². The van der Waals surface area contributed by atoms with Crippen LogP contribution in [0.3, 0.4) is 0 Å². The first kappa shape index (κ1) is 18.5. The minimum atomic E-state index is -0.339. The molecular formula is C22H16Cl2N2O2. The second kappa shape index (κ2) is 7.66. The van der Waals surface area contributed by atoms with Gasteiger partial charge in [-0.3, -0.25) is 9.59 Å². The number of fused-ring (bicyclic) bond motifs is 1. The van der Waals surface area contributed by atoms with Crippen molar-refractivity contribution in [3.63, 3.8) is 0 Å². The van der Waals surface area contributed by atoms with Crippen molar-refractivity contribution < 1.29 is 9.59 Å². The number of nitrogens with zero attached hydrogens (tertiary/aromatic N) is 1. The summed E-state index contributed by atoms with van der Waals surface area (Å²) < 4.78 is 0. The predicted molar refractivity (Wildman–Crippen MR) is 113 cm³/mol. The molecule has 28 heavy (non-hydrogen) atoms. The number of hydrogen-bond donors (Lipinski definition) is 1. The molecule has 0 spiro atoms. The van der Waals surface area contributed by atoms with Crippen molar-refractivity contribution in [2.24, 2.45) is 0 Å². The molecule has 0 atom stereocenters. The number of benzene rings is 3. The maximum absolute atomic E-state index is 12.8. The minimum absolute atomic E-state index is 0.0522. The van der Waals surface area contributed by atoms with E-state index in [1.54, 1.807) is 41.3 Å². The third-order valence-corrected chi connectivity index (χ3v) is 5.25. The van der Waals surface area contributed by atoms with Crippen molar-refractivity contribution in [2.75, 3.05) is 16.8 Å². The van der Waals surface area contributed by atoms with Gasteiger partial charge in [-0.15, -0.1) is 0 Å². The molecule has 140 valence electrons. The van der Waals surface area contributed by atoms with Gasteiger partial charge < -0.3 is 10.2 Å². The monoisotopic (exact) mass is 410 g/mol. The summed E-state index contributed by atoms with van der Waals surface area (Å²) in [5.41, 5.74) is 3.62. The number of halogens is 2. The van der Waals surface area contributed by atoms with Crippen molar-refractivity contribution in [2.45, 2.75) is 6.42 Å². The van der Waals surface area contributed by atoms with Crippen molar-refractivity contribution >= 4 is 46.4 Å². The molecule has 0 saturated heterocycles. The van der Waals surface area contributed by atoms with Gasteiger partial charge in [0.15, 0.2) is 0 Å². The smallest absolute Gasteiger partial charge is 0.258 e. The van der Waals surface area contributed by atoms with Crippen molar-refractivity contribution in [1.29, 1.82) is 0 Å². The van der Waals surface area contributed by atoms with E-state index in [0.29, 0.717) is 28.4 Å². The van der Waals surface area contributed by atoms with E-state index in [1.807, 2.05) is 24.3 Å². The summed E-state index contributed by atoms with van der Waals surface area (Å²) in [6.45, 7) is 0.672. The maximum Gasteiger partial charge on any atom is 0.258 e. The summed E-state index contributed by atoms with van der Waals surface area (Å²) in [7, 11) is 0. The summed E-state index contributed by atoms with van der Waals surface area (Å²) in [6.07, 6.45) is 0.859. The highest BCUT2D eigenvalue weighted by Crippen LogP contribution is 2.29. The zero-order valence-corrected chi connectivity index (χ0v) is 16.3. The molecule has 1 aliphatic rings. The second-order valence-corrected chi connectivity index (χ2v) is 7.33. The fraction of sp³-hybridized carbons (Fsp3) is 0.0909. The molecule has 2 amide bonds. The standard InChI is InChI=1S/C22H16Cl2N2O2/c23-16-7-10-18(19(24)13-16)21(27)25-17-8-5-15(6-9-17)22(28)26-12-11-14-3-1-2-4-20(14)26/h1-10,13H,11-12H2,(H,25,27). The number of carbonyl (C=O) groups is 2. The number of nitrogens with one attached hydrogen (secondary N) is 1. The molecule has 0 unspecified atom stereocenters. The molecule has 0 aromatic heterocycles. The number of anilines is 2. The van der Waals surface area contributed by atoms with E-state index in [4.69, 9.17) is 23.2 Å². The normalized spacial score (nSPS) is 12.6. The zero-order chi connectivity index (χ0) is 19.7. The highest BCUT2D eigenvalue weighted by Gasteiger charge is 2.25. The number of carbonyl (C=O) groups excluding carboxylic acids is 2. The van der Waals surface area contributed by atoms with E-state index in [-0.39, 0.29) is 16.8 Å². The third kappa shape index (κ3) is 3.61. The highest BCUT2D eigenvalue weighted by atomic mass is 35.5. The van der Waals surface area contributed by atoms with Gasteiger partial charge in [-0.2, -0.15) is 0 Å². The van der Waals surface area contributed by atoms with E-state index >= 15 is 0 Å². The molecule has 4 rings (SSSR count). The maximum atomic E-state index is 12.8. The lowest BCUT2D eigenvalue weighted by atomic mass is 10.1. The largest absolute Gasteiger partial charge is 0.322 e. The summed E-state index contributed by atoms with van der Waals surface area (Å²) in [5, 5.41) is 3.53. The molecule has 1 aliphatic heterocycles.